The van der Waals surface area contributed by atoms with Gasteiger partial charge in [-0.15, -0.1) is 0 Å². The van der Waals surface area contributed by atoms with Crippen LogP contribution in [0.4, 0.5) is 5.69 Å². The molecule has 1 amide bonds. The third kappa shape index (κ3) is 3.10. The van der Waals surface area contributed by atoms with Crippen LogP contribution in [0, 0.1) is 18.8 Å². The van der Waals surface area contributed by atoms with Gasteiger partial charge in [-0.3, -0.25) is 9.59 Å². The molecule has 5 nitrogen and oxygen atoms in total. The molecule has 2 atom stereocenters. The van der Waals surface area contributed by atoms with E-state index in [1.54, 1.807) is 19.1 Å². The van der Waals surface area contributed by atoms with E-state index >= 15 is 0 Å². The van der Waals surface area contributed by atoms with Gasteiger partial charge in [0, 0.05) is 5.69 Å². The summed E-state index contributed by atoms with van der Waals surface area (Å²) in [4.78, 5) is 23.5. The Balaban J connectivity index is 2.12. The second-order valence-electron chi connectivity index (χ2n) is 5.32. The fraction of sp³-hybridized carbons (Fsp3) is 0.467. The van der Waals surface area contributed by atoms with Crippen molar-refractivity contribution >= 4 is 17.6 Å². The zero-order valence-corrected chi connectivity index (χ0v) is 11.4. The molecule has 20 heavy (non-hydrogen) atoms. The summed E-state index contributed by atoms with van der Waals surface area (Å²) in [5.74, 6) is -2.07. The highest BCUT2D eigenvalue weighted by Crippen LogP contribution is 2.31. The van der Waals surface area contributed by atoms with Crippen LogP contribution in [0.2, 0.25) is 0 Å². The van der Waals surface area contributed by atoms with Crippen molar-refractivity contribution in [2.24, 2.45) is 11.8 Å². The van der Waals surface area contributed by atoms with E-state index in [0.29, 0.717) is 18.5 Å². The highest BCUT2D eigenvalue weighted by molar-refractivity contribution is 5.95. The van der Waals surface area contributed by atoms with E-state index in [-0.39, 0.29) is 11.7 Å². The Hall–Kier alpha value is -2.04. The highest BCUT2D eigenvalue weighted by atomic mass is 16.4. The molecule has 1 aromatic carbocycles. The van der Waals surface area contributed by atoms with Crippen LogP contribution in [0.3, 0.4) is 0 Å². The number of rotatable bonds is 3. The van der Waals surface area contributed by atoms with Crippen LogP contribution < -0.4 is 5.32 Å². The van der Waals surface area contributed by atoms with Crippen molar-refractivity contribution < 1.29 is 19.8 Å². The Morgan fingerprint density at radius 3 is 2.45 bits per heavy atom. The number of benzene rings is 1. The summed E-state index contributed by atoms with van der Waals surface area (Å²) >= 11 is 0. The van der Waals surface area contributed by atoms with Gasteiger partial charge in [0.25, 0.3) is 0 Å². The first-order valence-corrected chi connectivity index (χ1v) is 6.82. The summed E-state index contributed by atoms with van der Waals surface area (Å²) in [6.45, 7) is 1.78. The minimum atomic E-state index is -0.896. The molecule has 0 aliphatic heterocycles. The van der Waals surface area contributed by atoms with Gasteiger partial charge in [0.05, 0.1) is 11.8 Å². The highest BCUT2D eigenvalue weighted by Gasteiger charge is 2.35. The summed E-state index contributed by atoms with van der Waals surface area (Å²) < 4.78 is 0. The Bertz CT molecular complexity index is 527. The molecule has 1 fully saturated rings. The standard InChI is InChI=1S/C15H19NO4/c1-9-8-10(17)6-7-13(9)16-14(18)11-4-2-3-5-12(11)15(19)20/h6-8,11-12,17H,2-5H2,1H3,(H,16,18)(H,19,20)/t11-,12+/m0/s1. The second-order valence-corrected chi connectivity index (χ2v) is 5.32. The normalized spacial score (nSPS) is 22.2. The smallest absolute Gasteiger partial charge is 0.307 e. The largest absolute Gasteiger partial charge is 0.508 e. The van der Waals surface area contributed by atoms with E-state index in [0.717, 1.165) is 18.4 Å². The number of anilines is 1. The number of carbonyl (C=O) groups excluding carboxylic acids is 1. The van der Waals surface area contributed by atoms with Crippen LogP contribution in [-0.2, 0) is 9.59 Å². The van der Waals surface area contributed by atoms with Crippen LogP contribution >= 0.6 is 0 Å². The molecule has 0 saturated heterocycles. The summed E-state index contributed by atoms with van der Waals surface area (Å²) in [5, 5.41) is 21.3. The van der Waals surface area contributed by atoms with E-state index in [2.05, 4.69) is 5.32 Å². The first-order chi connectivity index (χ1) is 9.49. The SMILES string of the molecule is Cc1cc(O)ccc1NC(=O)[C@H]1CCCC[C@H]1C(=O)O. The minimum Gasteiger partial charge on any atom is -0.508 e. The molecule has 1 aliphatic rings. The fourth-order valence-corrected chi connectivity index (χ4v) is 2.75. The van der Waals surface area contributed by atoms with Crippen LogP contribution in [0.25, 0.3) is 0 Å². The molecule has 0 bridgehead atoms. The average molecular weight is 277 g/mol. The van der Waals surface area contributed by atoms with Gasteiger partial charge in [-0.2, -0.15) is 0 Å². The molecule has 1 aliphatic carbocycles. The summed E-state index contributed by atoms with van der Waals surface area (Å²) in [6, 6.07) is 4.69. The number of phenols is 1. The molecule has 0 spiro atoms. The van der Waals surface area contributed by atoms with E-state index in [4.69, 9.17) is 0 Å². The average Bonchev–Trinajstić information content (AvgIpc) is 2.41. The van der Waals surface area contributed by atoms with Crippen molar-refractivity contribution in [3.8, 4) is 5.75 Å². The Morgan fingerprint density at radius 2 is 1.85 bits per heavy atom. The van der Waals surface area contributed by atoms with Crippen molar-refractivity contribution in [2.75, 3.05) is 5.32 Å². The van der Waals surface area contributed by atoms with Gasteiger partial charge in [-0.25, -0.2) is 0 Å². The Kier molecular flexibility index (Phi) is 4.27. The number of aliphatic carboxylic acids is 1. The lowest BCUT2D eigenvalue weighted by molar-refractivity contribution is -0.147. The summed E-state index contributed by atoms with van der Waals surface area (Å²) in [7, 11) is 0. The second kappa shape index (κ2) is 5.94. The molecule has 0 heterocycles. The fourth-order valence-electron chi connectivity index (χ4n) is 2.75. The first-order valence-electron chi connectivity index (χ1n) is 6.82. The van der Waals surface area contributed by atoms with Crippen molar-refractivity contribution in [3.05, 3.63) is 23.8 Å². The third-order valence-corrected chi connectivity index (χ3v) is 3.89. The zero-order chi connectivity index (χ0) is 14.7. The monoisotopic (exact) mass is 277 g/mol. The number of hydrogen-bond acceptors (Lipinski definition) is 3. The number of carboxylic acids is 1. The molecule has 0 unspecified atom stereocenters. The van der Waals surface area contributed by atoms with Crippen LogP contribution in [0.1, 0.15) is 31.2 Å². The Labute approximate surface area is 117 Å². The lowest BCUT2D eigenvalue weighted by Gasteiger charge is -2.27. The lowest BCUT2D eigenvalue weighted by atomic mass is 9.78. The van der Waals surface area contributed by atoms with Gasteiger partial charge in [0.2, 0.25) is 5.91 Å². The van der Waals surface area contributed by atoms with Crippen molar-refractivity contribution in [2.45, 2.75) is 32.6 Å². The molecule has 5 heteroatoms. The number of aromatic hydroxyl groups is 1. The van der Waals surface area contributed by atoms with Gasteiger partial charge in [0.15, 0.2) is 0 Å². The van der Waals surface area contributed by atoms with Gasteiger partial charge < -0.3 is 15.5 Å². The third-order valence-electron chi connectivity index (χ3n) is 3.89. The van der Waals surface area contributed by atoms with E-state index < -0.39 is 17.8 Å². The molecule has 0 radical (unpaired) electrons. The van der Waals surface area contributed by atoms with Crippen molar-refractivity contribution in [1.29, 1.82) is 0 Å². The van der Waals surface area contributed by atoms with Gasteiger partial charge in [0.1, 0.15) is 5.75 Å². The van der Waals surface area contributed by atoms with Gasteiger partial charge in [-0.05, 0) is 43.5 Å². The molecule has 1 aromatic rings. The number of nitrogens with one attached hydrogen (secondary N) is 1. The van der Waals surface area contributed by atoms with E-state index in [1.165, 1.54) is 6.07 Å². The predicted molar refractivity (Wildman–Crippen MR) is 74.6 cm³/mol. The zero-order valence-electron chi connectivity index (χ0n) is 11.4. The maximum Gasteiger partial charge on any atom is 0.307 e. The minimum absolute atomic E-state index is 0.140. The van der Waals surface area contributed by atoms with Crippen LogP contribution in [0.5, 0.6) is 5.75 Å². The molecule has 3 N–H and O–H groups in total. The summed E-state index contributed by atoms with van der Waals surface area (Å²) in [5.41, 5.74) is 1.36. The van der Waals surface area contributed by atoms with Gasteiger partial charge in [-0.1, -0.05) is 12.8 Å². The quantitative estimate of drug-likeness (QED) is 0.741. The van der Waals surface area contributed by atoms with Crippen molar-refractivity contribution in [3.63, 3.8) is 0 Å². The van der Waals surface area contributed by atoms with Gasteiger partial charge >= 0.3 is 5.97 Å². The molecule has 0 aromatic heterocycles. The number of carbonyl (C=O) groups is 2. The maximum absolute atomic E-state index is 12.3. The number of carboxylic acid groups (broad SMARTS) is 1. The lowest BCUT2D eigenvalue weighted by Crippen LogP contribution is -2.36. The van der Waals surface area contributed by atoms with E-state index in [1.807, 2.05) is 0 Å². The Morgan fingerprint density at radius 1 is 1.20 bits per heavy atom. The molecule has 2 rings (SSSR count). The topological polar surface area (TPSA) is 86.6 Å². The molecule has 108 valence electrons. The van der Waals surface area contributed by atoms with Crippen LogP contribution in [0.15, 0.2) is 18.2 Å². The number of hydrogen-bond donors (Lipinski definition) is 3. The first kappa shape index (κ1) is 14.4. The van der Waals surface area contributed by atoms with E-state index in [9.17, 15) is 19.8 Å². The summed E-state index contributed by atoms with van der Waals surface area (Å²) in [6.07, 6.45) is 2.91. The molecular formula is C15H19NO4. The molecule has 1 saturated carbocycles. The number of aryl methyl sites for hydroxylation is 1. The number of phenolic OH excluding ortho intramolecular Hbond substituents is 1. The maximum atomic E-state index is 12.3. The molecular weight excluding hydrogens is 258 g/mol. The van der Waals surface area contributed by atoms with Crippen LogP contribution in [-0.4, -0.2) is 22.1 Å². The number of amides is 1. The van der Waals surface area contributed by atoms with Crippen molar-refractivity contribution in [1.82, 2.24) is 0 Å². The predicted octanol–water partition coefficient (Wildman–Crippen LogP) is 2.53.